The Hall–Kier alpha value is -0.930. The van der Waals surface area contributed by atoms with Crippen molar-refractivity contribution in [1.82, 2.24) is 4.90 Å². The molecule has 2 nitrogen and oxygen atoms in total. The van der Waals surface area contributed by atoms with Gasteiger partial charge in [-0.1, -0.05) is 32.0 Å². The molecule has 3 heteroatoms. The van der Waals surface area contributed by atoms with Gasteiger partial charge in [0.15, 0.2) is 0 Å². The maximum atomic E-state index is 13.8. The van der Waals surface area contributed by atoms with Gasteiger partial charge in [-0.05, 0) is 26.1 Å². The fourth-order valence-corrected chi connectivity index (χ4v) is 2.14. The van der Waals surface area contributed by atoms with Crippen LogP contribution in [0.25, 0.3) is 0 Å². The molecule has 0 spiro atoms. The van der Waals surface area contributed by atoms with Crippen LogP contribution in [0.3, 0.4) is 0 Å². The second-order valence-electron chi connectivity index (χ2n) is 4.05. The van der Waals surface area contributed by atoms with E-state index in [0.717, 1.165) is 13.1 Å². The third kappa shape index (κ3) is 2.80. The molecule has 0 heterocycles. The molecule has 0 aliphatic heterocycles. The Morgan fingerprint density at radius 1 is 1.25 bits per heavy atom. The van der Waals surface area contributed by atoms with Crippen LogP contribution >= 0.6 is 0 Å². The summed E-state index contributed by atoms with van der Waals surface area (Å²) in [6, 6.07) is 6.75. The fraction of sp³-hybridized carbons (Fsp3) is 0.538. The van der Waals surface area contributed by atoms with Gasteiger partial charge in [0.25, 0.3) is 0 Å². The lowest BCUT2D eigenvalue weighted by molar-refractivity contribution is 0.191. The van der Waals surface area contributed by atoms with Gasteiger partial charge in [-0.15, -0.1) is 0 Å². The number of likely N-dealkylation sites (N-methyl/N-ethyl adjacent to an activating group) is 1. The van der Waals surface area contributed by atoms with Gasteiger partial charge in [-0.25, -0.2) is 4.39 Å². The fourth-order valence-electron chi connectivity index (χ4n) is 2.14. The SMILES string of the molecule is CCN(CC)C(c1ccccc1F)C(C)N. The van der Waals surface area contributed by atoms with E-state index in [2.05, 4.69) is 18.7 Å². The summed E-state index contributed by atoms with van der Waals surface area (Å²) in [4.78, 5) is 2.18. The Bertz CT molecular complexity index is 321. The summed E-state index contributed by atoms with van der Waals surface area (Å²) < 4.78 is 13.8. The molecule has 1 rings (SSSR count). The molecule has 0 aliphatic rings. The summed E-state index contributed by atoms with van der Waals surface area (Å²) >= 11 is 0. The number of halogens is 1. The predicted octanol–water partition coefficient (Wildman–Crippen LogP) is 2.56. The van der Waals surface area contributed by atoms with Gasteiger partial charge in [0, 0.05) is 11.6 Å². The lowest BCUT2D eigenvalue weighted by atomic mass is 9.98. The zero-order valence-electron chi connectivity index (χ0n) is 10.3. The van der Waals surface area contributed by atoms with Crippen LogP contribution in [0.4, 0.5) is 4.39 Å². The molecule has 1 aromatic carbocycles. The van der Waals surface area contributed by atoms with Crippen LogP contribution < -0.4 is 5.73 Å². The maximum absolute atomic E-state index is 13.8. The smallest absolute Gasteiger partial charge is 0.128 e. The van der Waals surface area contributed by atoms with Crippen molar-refractivity contribution >= 4 is 0 Å². The molecule has 90 valence electrons. The number of benzene rings is 1. The Morgan fingerprint density at radius 2 is 1.81 bits per heavy atom. The first-order valence-corrected chi connectivity index (χ1v) is 5.85. The molecule has 0 aromatic heterocycles. The number of nitrogens with zero attached hydrogens (tertiary/aromatic N) is 1. The highest BCUT2D eigenvalue weighted by Crippen LogP contribution is 2.25. The lowest BCUT2D eigenvalue weighted by Crippen LogP contribution is -2.39. The van der Waals surface area contributed by atoms with Gasteiger partial charge >= 0.3 is 0 Å². The zero-order chi connectivity index (χ0) is 12.1. The molecule has 0 saturated heterocycles. The van der Waals surface area contributed by atoms with E-state index in [1.165, 1.54) is 6.07 Å². The monoisotopic (exact) mass is 224 g/mol. The van der Waals surface area contributed by atoms with Crippen LogP contribution in [-0.4, -0.2) is 24.0 Å². The summed E-state index contributed by atoms with van der Waals surface area (Å²) in [5.74, 6) is -0.170. The Kier molecular flexibility index (Phi) is 4.90. The van der Waals surface area contributed by atoms with Crippen molar-refractivity contribution < 1.29 is 4.39 Å². The van der Waals surface area contributed by atoms with Gasteiger partial charge in [0.2, 0.25) is 0 Å². The van der Waals surface area contributed by atoms with Crippen molar-refractivity contribution in [3.8, 4) is 0 Å². The normalized spacial score (nSPS) is 15.1. The molecular weight excluding hydrogens is 203 g/mol. The molecular formula is C13H21FN2. The number of hydrogen-bond acceptors (Lipinski definition) is 2. The summed E-state index contributed by atoms with van der Waals surface area (Å²) in [5, 5.41) is 0. The molecule has 0 bridgehead atoms. The van der Waals surface area contributed by atoms with E-state index in [9.17, 15) is 4.39 Å². The zero-order valence-corrected chi connectivity index (χ0v) is 10.3. The minimum absolute atomic E-state index is 0.0452. The Morgan fingerprint density at radius 3 is 2.25 bits per heavy atom. The molecule has 0 saturated carbocycles. The summed E-state index contributed by atoms with van der Waals surface area (Å²) in [6.45, 7) is 7.81. The molecule has 16 heavy (non-hydrogen) atoms. The molecule has 0 aliphatic carbocycles. The predicted molar refractivity (Wildman–Crippen MR) is 65.7 cm³/mol. The Labute approximate surface area is 97.3 Å². The van der Waals surface area contributed by atoms with E-state index in [-0.39, 0.29) is 17.9 Å². The van der Waals surface area contributed by atoms with Crippen molar-refractivity contribution in [3.63, 3.8) is 0 Å². The maximum Gasteiger partial charge on any atom is 0.128 e. The summed E-state index contributed by atoms with van der Waals surface area (Å²) in [5.41, 5.74) is 6.68. The third-order valence-corrected chi connectivity index (χ3v) is 2.93. The van der Waals surface area contributed by atoms with E-state index in [0.29, 0.717) is 5.56 Å². The quantitative estimate of drug-likeness (QED) is 0.833. The topological polar surface area (TPSA) is 29.3 Å². The van der Waals surface area contributed by atoms with Crippen LogP contribution in [0.5, 0.6) is 0 Å². The van der Waals surface area contributed by atoms with Gasteiger partial charge < -0.3 is 5.73 Å². The van der Waals surface area contributed by atoms with Crippen molar-refractivity contribution in [2.45, 2.75) is 32.9 Å². The van der Waals surface area contributed by atoms with Gasteiger partial charge in [-0.3, -0.25) is 4.90 Å². The summed E-state index contributed by atoms with van der Waals surface area (Å²) in [6.07, 6.45) is 0. The number of nitrogens with two attached hydrogens (primary N) is 1. The molecule has 0 amide bonds. The first-order valence-electron chi connectivity index (χ1n) is 5.85. The molecule has 0 radical (unpaired) electrons. The van der Waals surface area contributed by atoms with E-state index < -0.39 is 0 Å². The lowest BCUT2D eigenvalue weighted by Gasteiger charge is -2.33. The van der Waals surface area contributed by atoms with Crippen molar-refractivity contribution in [2.75, 3.05) is 13.1 Å². The molecule has 2 unspecified atom stereocenters. The Balaban J connectivity index is 3.07. The second-order valence-corrected chi connectivity index (χ2v) is 4.05. The number of rotatable bonds is 5. The number of hydrogen-bond donors (Lipinski definition) is 1. The van der Waals surface area contributed by atoms with Gasteiger partial charge in [0.05, 0.1) is 6.04 Å². The van der Waals surface area contributed by atoms with Crippen LogP contribution in [0.1, 0.15) is 32.4 Å². The molecule has 0 fully saturated rings. The van der Waals surface area contributed by atoms with Gasteiger partial charge in [-0.2, -0.15) is 0 Å². The molecule has 1 aromatic rings. The molecule has 2 atom stereocenters. The van der Waals surface area contributed by atoms with Crippen LogP contribution in [0, 0.1) is 5.82 Å². The first-order chi connectivity index (χ1) is 7.61. The largest absolute Gasteiger partial charge is 0.326 e. The van der Waals surface area contributed by atoms with Crippen molar-refractivity contribution in [3.05, 3.63) is 35.6 Å². The van der Waals surface area contributed by atoms with Crippen LogP contribution in [0.2, 0.25) is 0 Å². The first kappa shape index (κ1) is 13.1. The minimum Gasteiger partial charge on any atom is -0.326 e. The van der Waals surface area contributed by atoms with Crippen molar-refractivity contribution in [1.29, 1.82) is 0 Å². The van der Waals surface area contributed by atoms with E-state index in [1.807, 2.05) is 19.1 Å². The van der Waals surface area contributed by atoms with Crippen LogP contribution in [-0.2, 0) is 0 Å². The average molecular weight is 224 g/mol. The highest BCUT2D eigenvalue weighted by Gasteiger charge is 2.24. The summed E-state index contributed by atoms with van der Waals surface area (Å²) in [7, 11) is 0. The highest BCUT2D eigenvalue weighted by molar-refractivity contribution is 5.22. The van der Waals surface area contributed by atoms with E-state index in [4.69, 9.17) is 5.73 Å². The van der Waals surface area contributed by atoms with Crippen molar-refractivity contribution in [2.24, 2.45) is 5.73 Å². The van der Waals surface area contributed by atoms with Gasteiger partial charge in [0.1, 0.15) is 5.82 Å². The molecule has 2 N–H and O–H groups in total. The standard InChI is InChI=1S/C13H21FN2/c1-4-16(5-2)13(10(3)15)11-8-6-7-9-12(11)14/h6-10,13H,4-5,15H2,1-3H3. The minimum atomic E-state index is -0.170. The highest BCUT2D eigenvalue weighted by atomic mass is 19.1. The second kappa shape index (κ2) is 5.97. The van der Waals surface area contributed by atoms with E-state index >= 15 is 0 Å². The van der Waals surface area contributed by atoms with E-state index in [1.54, 1.807) is 6.07 Å². The van der Waals surface area contributed by atoms with Crippen LogP contribution in [0.15, 0.2) is 24.3 Å². The average Bonchev–Trinajstić information content (AvgIpc) is 2.27. The third-order valence-electron chi connectivity index (χ3n) is 2.93.